The maximum atomic E-state index is 11.7. The molecule has 0 bridgehead atoms. The summed E-state index contributed by atoms with van der Waals surface area (Å²) in [5, 5.41) is 0. The zero-order chi connectivity index (χ0) is 36.8. The average Bonchev–Trinajstić information content (AvgIpc) is 3.14. The zero-order valence-electron chi connectivity index (χ0n) is 32.9. The molecule has 0 amide bonds. The molecule has 0 unspecified atom stereocenters. The van der Waals surface area contributed by atoms with Gasteiger partial charge in [-0.3, -0.25) is 4.79 Å². The van der Waals surface area contributed by atoms with Crippen molar-refractivity contribution >= 4 is 5.97 Å². The number of unbranched alkanes of at least 4 members (excludes halogenated alkanes) is 12. The van der Waals surface area contributed by atoms with Crippen LogP contribution >= 0.6 is 0 Å². The fraction of sp³-hybridized carbons (Fsp3) is 0.974. The third-order valence-electron chi connectivity index (χ3n) is 7.72. The molecule has 0 aromatic carbocycles. The fourth-order valence-corrected chi connectivity index (χ4v) is 4.76. The van der Waals surface area contributed by atoms with Gasteiger partial charge in [0.1, 0.15) is 6.61 Å². The van der Waals surface area contributed by atoms with Crippen LogP contribution in [0.1, 0.15) is 110 Å². The molecule has 0 aliphatic heterocycles. The van der Waals surface area contributed by atoms with Gasteiger partial charge in [-0.05, 0) is 12.8 Å². The first kappa shape index (κ1) is 50.1. The molecule has 0 aromatic rings. The molecular weight excluding hydrogens is 660 g/mol. The summed E-state index contributed by atoms with van der Waals surface area (Å²) in [5.41, 5.74) is 0. The van der Waals surface area contributed by atoms with Gasteiger partial charge in [-0.1, -0.05) is 90.9 Å². The van der Waals surface area contributed by atoms with Crippen molar-refractivity contribution in [2.24, 2.45) is 0 Å². The lowest BCUT2D eigenvalue weighted by Gasteiger charge is -2.09. The lowest BCUT2D eigenvalue weighted by molar-refractivity contribution is -0.145. The van der Waals surface area contributed by atoms with Gasteiger partial charge in [0.05, 0.1) is 126 Å². The van der Waals surface area contributed by atoms with Crippen molar-refractivity contribution in [1.29, 1.82) is 0 Å². The second-order valence-electron chi connectivity index (χ2n) is 12.3. The van der Waals surface area contributed by atoms with Crippen molar-refractivity contribution < 1.29 is 56.9 Å². The Hall–Kier alpha value is -0.930. The minimum absolute atomic E-state index is 0.141. The number of hydrogen-bond donors (Lipinski definition) is 0. The number of rotatable bonds is 46. The first-order valence-corrected chi connectivity index (χ1v) is 20.2. The monoisotopic (exact) mass is 739 g/mol. The molecule has 0 atom stereocenters. The molecule has 0 saturated heterocycles. The van der Waals surface area contributed by atoms with Gasteiger partial charge in [-0.2, -0.15) is 0 Å². The maximum Gasteiger partial charge on any atom is 0.305 e. The summed E-state index contributed by atoms with van der Waals surface area (Å²) in [5.74, 6) is -0.141. The van der Waals surface area contributed by atoms with E-state index >= 15 is 0 Å². The Morgan fingerprint density at radius 1 is 0.275 bits per heavy atom. The van der Waals surface area contributed by atoms with Crippen LogP contribution in [0.2, 0.25) is 0 Å². The summed E-state index contributed by atoms with van der Waals surface area (Å²) in [4.78, 5) is 11.7. The molecule has 12 heteroatoms. The largest absolute Gasteiger partial charge is 0.463 e. The lowest BCUT2D eigenvalue weighted by Crippen LogP contribution is -2.15. The fourth-order valence-electron chi connectivity index (χ4n) is 4.76. The first-order valence-electron chi connectivity index (χ1n) is 20.2. The third kappa shape index (κ3) is 47.0. The Balaban J connectivity index is 3.09. The summed E-state index contributed by atoms with van der Waals surface area (Å²) in [7, 11) is 0. The molecule has 0 N–H and O–H groups in total. The summed E-state index contributed by atoms with van der Waals surface area (Å²) in [6.45, 7) is 15.4. The van der Waals surface area contributed by atoms with Crippen LogP contribution in [0, 0.1) is 0 Å². The van der Waals surface area contributed by atoms with E-state index in [-0.39, 0.29) is 12.6 Å². The number of carbonyl (C=O) groups is 1. The molecule has 0 aliphatic rings. The van der Waals surface area contributed by atoms with E-state index in [1.807, 2.05) is 0 Å². The van der Waals surface area contributed by atoms with E-state index in [2.05, 4.69) is 13.8 Å². The van der Waals surface area contributed by atoms with E-state index < -0.39 is 0 Å². The van der Waals surface area contributed by atoms with E-state index in [1.54, 1.807) is 0 Å². The highest BCUT2D eigenvalue weighted by Gasteiger charge is 2.03. The molecule has 51 heavy (non-hydrogen) atoms. The van der Waals surface area contributed by atoms with E-state index in [4.69, 9.17) is 52.1 Å². The number of carbonyl (C=O) groups excluding carboxylic acids is 1. The van der Waals surface area contributed by atoms with Gasteiger partial charge in [0.15, 0.2) is 0 Å². The quantitative estimate of drug-likeness (QED) is 0.0496. The standard InChI is InChI=1S/C39H78O12/c1-3-5-7-9-11-12-14-16-18-41-19-20-42-21-22-43-23-24-44-25-26-45-27-28-46-29-30-47-31-32-48-33-34-49-35-36-50-37-38-51-39(40)17-15-13-10-8-6-4-2/h3-38H2,1-2H3. The van der Waals surface area contributed by atoms with E-state index in [0.29, 0.717) is 132 Å². The van der Waals surface area contributed by atoms with Crippen molar-refractivity contribution in [1.82, 2.24) is 0 Å². The molecule has 0 saturated carbocycles. The highest BCUT2D eigenvalue weighted by atomic mass is 16.6. The van der Waals surface area contributed by atoms with Gasteiger partial charge in [-0.25, -0.2) is 0 Å². The van der Waals surface area contributed by atoms with E-state index in [9.17, 15) is 4.79 Å². The van der Waals surface area contributed by atoms with Crippen LogP contribution in [0.3, 0.4) is 0 Å². The molecule has 0 fully saturated rings. The highest BCUT2D eigenvalue weighted by molar-refractivity contribution is 5.69. The SMILES string of the molecule is CCCCCCCCCCOCCOCCOCCOCCOCCOCCOCCOCCOCCOCCOC(=O)CCCCCCCC. The minimum Gasteiger partial charge on any atom is -0.463 e. The van der Waals surface area contributed by atoms with Gasteiger partial charge >= 0.3 is 5.97 Å². The Kier molecular flexibility index (Phi) is 46.2. The molecular formula is C39H78O12. The second kappa shape index (κ2) is 47.1. The molecule has 0 radical (unpaired) electrons. The van der Waals surface area contributed by atoms with Crippen LogP contribution < -0.4 is 0 Å². The Morgan fingerprint density at radius 2 is 0.510 bits per heavy atom. The predicted molar refractivity (Wildman–Crippen MR) is 200 cm³/mol. The third-order valence-corrected chi connectivity index (χ3v) is 7.72. The van der Waals surface area contributed by atoms with Gasteiger partial charge in [0.25, 0.3) is 0 Å². The first-order chi connectivity index (χ1) is 25.3. The van der Waals surface area contributed by atoms with E-state index in [0.717, 1.165) is 25.9 Å². The molecule has 12 nitrogen and oxygen atoms in total. The molecule has 0 aromatic heterocycles. The van der Waals surface area contributed by atoms with Crippen LogP contribution in [0.25, 0.3) is 0 Å². The van der Waals surface area contributed by atoms with Crippen molar-refractivity contribution in [3.63, 3.8) is 0 Å². The Labute approximate surface area is 311 Å². The number of esters is 1. The average molecular weight is 739 g/mol. The summed E-state index contributed by atoms with van der Waals surface area (Å²) < 4.78 is 60.3. The van der Waals surface area contributed by atoms with Crippen LogP contribution in [-0.4, -0.2) is 145 Å². The molecule has 0 heterocycles. The molecule has 0 spiro atoms. The Morgan fingerprint density at radius 3 is 0.824 bits per heavy atom. The van der Waals surface area contributed by atoms with Crippen LogP contribution in [0.5, 0.6) is 0 Å². The maximum absolute atomic E-state index is 11.7. The second-order valence-corrected chi connectivity index (χ2v) is 12.3. The van der Waals surface area contributed by atoms with Crippen LogP contribution in [0.4, 0.5) is 0 Å². The topological polar surface area (TPSA) is 119 Å². The van der Waals surface area contributed by atoms with Crippen LogP contribution in [0.15, 0.2) is 0 Å². The number of hydrogen-bond acceptors (Lipinski definition) is 12. The summed E-state index contributed by atoms with van der Waals surface area (Å²) in [6.07, 6.45) is 18.0. The van der Waals surface area contributed by atoms with E-state index in [1.165, 1.54) is 70.6 Å². The van der Waals surface area contributed by atoms with Gasteiger partial charge in [0, 0.05) is 13.0 Å². The predicted octanol–water partition coefficient (Wildman–Crippen LogP) is 6.59. The summed E-state index contributed by atoms with van der Waals surface area (Å²) in [6, 6.07) is 0. The van der Waals surface area contributed by atoms with Crippen molar-refractivity contribution in [2.45, 2.75) is 110 Å². The normalized spacial score (nSPS) is 11.5. The molecule has 0 rings (SSSR count). The van der Waals surface area contributed by atoms with Crippen molar-refractivity contribution in [3.05, 3.63) is 0 Å². The highest BCUT2D eigenvalue weighted by Crippen LogP contribution is 2.09. The molecule has 306 valence electrons. The van der Waals surface area contributed by atoms with Gasteiger partial charge in [0.2, 0.25) is 0 Å². The van der Waals surface area contributed by atoms with Crippen molar-refractivity contribution in [3.8, 4) is 0 Å². The zero-order valence-corrected chi connectivity index (χ0v) is 32.9. The van der Waals surface area contributed by atoms with Crippen LogP contribution in [-0.2, 0) is 56.9 Å². The lowest BCUT2D eigenvalue weighted by atomic mass is 10.1. The molecule has 0 aliphatic carbocycles. The smallest absolute Gasteiger partial charge is 0.305 e. The minimum atomic E-state index is -0.141. The number of ether oxygens (including phenoxy) is 11. The summed E-state index contributed by atoms with van der Waals surface area (Å²) >= 11 is 0. The van der Waals surface area contributed by atoms with Gasteiger partial charge in [-0.15, -0.1) is 0 Å². The van der Waals surface area contributed by atoms with Crippen molar-refractivity contribution in [2.75, 3.05) is 139 Å². The Bertz CT molecular complexity index is 643. The van der Waals surface area contributed by atoms with Gasteiger partial charge < -0.3 is 52.1 Å².